The van der Waals surface area contributed by atoms with Crippen LogP contribution < -0.4 is 31.9 Å². The van der Waals surface area contributed by atoms with Crippen molar-refractivity contribution in [3.63, 3.8) is 0 Å². The van der Waals surface area contributed by atoms with E-state index in [1.54, 1.807) is 55.5 Å². The lowest BCUT2D eigenvalue weighted by Gasteiger charge is -2.36. The maximum atomic E-state index is 15.2. The summed E-state index contributed by atoms with van der Waals surface area (Å²) < 4.78 is 0. The number of rotatable bonds is 12. The number of nitrogens with zero attached hydrogens (tertiary/aromatic N) is 4. The summed E-state index contributed by atoms with van der Waals surface area (Å²) in [4.78, 5) is 151. The molecule has 0 aromatic heterocycles. The molecule has 0 spiro atoms. The van der Waals surface area contributed by atoms with Gasteiger partial charge in [0, 0.05) is 46.6 Å². The molecule has 0 saturated carbocycles. The molecule has 0 bridgehead atoms. The van der Waals surface area contributed by atoms with Crippen LogP contribution in [0.4, 0.5) is 0 Å². The minimum Gasteiger partial charge on any atom is -0.391 e. The number of carbonyl (C=O) groups excluding carboxylic acids is 10. The summed E-state index contributed by atoms with van der Waals surface area (Å²) in [5, 5.41) is 27.5. The van der Waals surface area contributed by atoms with Crippen molar-refractivity contribution in [2.45, 2.75) is 186 Å². The molecule has 3 aliphatic heterocycles. The molecule has 0 radical (unpaired) electrons. The molecule has 7 N–H and O–H groups in total. The lowest BCUT2D eigenvalue weighted by Crippen LogP contribution is -2.62. The molecule has 21 heteroatoms. The largest absolute Gasteiger partial charge is 0.391 e. The van der Waals surface area contributed by atoms with Crippen LogP contribution in [0.5, 0.6) is 0 Å². The van der Waals surface area contributed by atoms with Crippen molar-refractivity contribution < 1.29 is 53.1 Å². The molecular weight excluding hydrogens is 1020 g/mol. The lowest BCUT2D eigenvalue weighted by molar-refractivity contribution is -0.147. The number of hydrogen-bond acceptors (Lipinski definition) is 11. The Labute approximate surface area is 471 Å². The molecule has 11 atom stereocenters. The predicted molar refractivity (Wildman–Crippen MR) is 300 cm³/mol. The first-order valence-corrected chi connectivity index (χ1v) is 28.6. The molecule has 2 aromatic rings. The van der Waals surface area contributed by atoms with E-state index in [4.69, 9.17) is 0 Å². The third kappa shape index (κ3) is 17.5. The molecule has 440 valence electrons. The second-order valence-corrected chi connectivity index (χ2v) is 22.9. The number of carbonyl (C=O) groups is 10. The average Bonchev–Trinajstić information content (AvgIpc) is 3.94. The van der Waals surface area contributed by atoms with Crippen LogP contribution in [0.2, 0.25) is 0 Å². The van der Waals surface area contributed by atoms with Gasteiger partial charge in [-0.2, -0.15) is 0 Å². The van der Waals surface area contributed by atoms with Crippen LogP contribution in [0.3, 0.4) is 0 Å². The van der Waals surface area contributed by atoms with E-state index in [0.29, 0.717) is 49.9 Å². The predicted octanol–water partition coefficient (Wildman–Crippen LogP) is 1.98. The highest BCUT2D eigenvalue weighted by Gasteiger charge is 2.44. The van der Waals surface area contributed by atoms with E-state index >= 15 is 9.59 Å². The minimum atomic E-state index is -1.66. The summed E-state index contributed by atoms with van der Waals surface area (Å²) in [6, 6.07) is 6.40. The van der Waals surface area contributed by atoms with Crippen molar-refractivity contribution in [2.24, 2.45) is 17.8 Å². The molecule has 0 unspecified atom stereocenters. The number of piperidine rings is 1. The zero-order chi connectivity index (χ0) is 59.0. The first-order chi connectivity index (χ1) is 37.9. The molecule has 0 aliphatic carbocycles. The topological polar surface area (TPSA) is 276 Å². The second kappa shape index (κ2) is 30.1. The summed E-state index contributed by atoms with van der Waals surface area (Å²) in [5.74, 6) is -7.81. The number of likely N-dealkylation sites (N-methyl/N-ethyl adjacent to an activating group) is 2. The summed E-state index contributed by atoms with van der Waals surface area (Å²) in [7, 11) is 2.92. The number of fused-ring (bicyclic) bond motifs is 1. The van der Waals surface area contributed by atoms with E-state index in [1.807, 2.05) is 46.8 Å². The lowest BCUT2D eigenvalue weighted by atomic mass is 9.95. The molecule has 10 amide bonds. The summed E-state index contributed by atoms with van der Waals surface area (Å²) >= 11 is 0. The fourth-order valence-electron chi connectivity index (χ4n) is 10.7. The van der Waals surface area contributed by atoms with Crippen LogP contribution >= 0.6 is 0 Å². The monoisotopic (exact) mass is 1110 g/mol. The molecule has 2 aromatic carbocycles. The Hall–Kier alpha value is -6.90. The number of nitrogens with one attached hydrogen (secondary N) is 6. The van der Waals surface area contributed by atoms with Crippen LogP contribution in [0.15, 0.2) is 60.7 Å². The fraction of sp³-hybridized carbons (Fsp3) is 0.627. The Bertz CT molecular complexity index is 2470. The quantitative estimate of drug-likeness (QED) is 0.162. The standard InChI is InChI=1S/C59H88N10O11/c1-11-37(6)49-59(80)69-29-21-26-45(69)52(73)65-50(39(8)70)55(76)63-44(58(79)68-27-19-14-20-28-68)34-48(71)60-38(7)51(72)61-42(30-35(2)3)56(77)66(9)46(31-36(4)5)53(74)62-43(32-40-22-15-12-16-23-40)57(78)67(10)47(54(75)64-49)33-41-24-17-13-18-25-41/h12-13,15-18,22-25,35-39,42-47,49-50,70H,11,14,19-21,26-34H2,1-10H3,(H,60,71)(H,61,72)(H,62,74)(H,63,76)(H,64,75)(H,65,73)/t37-,38-,39+,42-,43-,44-,45-,46-,47-,49-,50-/m0/s1. The van der Waals surface area contributed by atoms with Gasteiger partial charge in [0.15, 0.2) is 0 Å². The van der Waals surface area contributed by atoms with Gasteiger partial charge in [-0.25, -0.2) is 0 Å². The zero-order valence-corrected chi connectivity index (χ0v) is 48.5. The van der Waals surface area contributed by atoms with Crippen LogP contribution in [0.25, 0.3) is 0 Å². The molecule has 80 heavy (non-hydrogen) atoms. The van der Waals surface area contributed by atoms with Gasteiger partial charge in [-0.05, 0) is 87.7 Å². The molecule has 5 rings (SSSR count). The van der Waals surface area contributed by atoms with Crippen molar-refractivity contribution in [3.05, 3.63) is 71.8 Å². The summed E-state index contributed by atoms with van der Waals surface area (Å²) in [6.45, 7) is 14.6. The van der Waals surface area contributed by atoms with E-state index < -0.39 is 132 Å². The molecule has 3 fully saturated rings. The van der Waals surface area contributed by atoms with E-state index in [0.717, 1.165) is 6.42 Å². The van der Waals surface area contributed by atoms with Gasteiger partial charge in [-0.3, -0.25) is 47.9 Å². The molecule has 3 aliphatic rings. The maximum Gasteiger partial charge on any atom is 0.246 e. The van der Waals surface area contributed by atoms with Gasteiger partial charge in [0.1, 0.15) is 54.4 Å². The molecule has 3 heterocycles. The van der Waals surface area contributed by atoms with Crippen molar-refractivity contribution in [2.75, 3.05) is 33.7 Å². The fourth-order valence-corrected chi connectivity index (χ4v) is 10.7. The third-order valence-corrected chi connectivity index (χ3v) is 15.5. The average molecular weight is 1110 g/mol. The number of aliphatic hydroxyl groups is 1. The van der Waals surface area contributed by atoms with Crippen molar-refractivity contribution in [1.29, 1.82) is 0 Å². The third-order valence-electron chi connectivity index (χ3n) is 15.5. The van der Waals surface area contributed by atoms with Crippen LogP contribution in [-0.4, -0.2) is 178 Å². The first kappa shape index (κ1) is 63.9. The Morgan fingerprint density at radius 3 is 1.69 bits per heavy atom. The van der Waals surface area contributed by atoms with Gasteiger partial charge in [0.05, 0.1) is 12.5 Å². The number of aliphatic hydroxyl groups excluding tert-OH is 1. The van der Waals surface area contributed by atoms with Crippen molar-refractivity contribution >= 4 is 59.1 Å². The highest BCUT2D eigenvalue weighted by Crippen LogP contribution is 2.24. The minimum absolute atomic E-state index is 0.00281. The zero-order valence-electron chi connectivity index (χ0n) is 48.5. The number of likely N-dealkylation sites (tertiary alicyclic amines) is 1. The van der Waals surface area contributed by atoms with E-state index in [-0.39, 0.29) is 50.5 Å². The van der Waals surface area contributed by atoms with Crippen molar-refractivity contribution in [1.82, 2.24) is 51.5 Å². The molecule has 21 nitrogen and oxygen atoms in total. The second-order valence-electron chi connectivity index (χ2n) is 22.9. The highest BCUT2D eigenvalue weighted by atomic mass is 16.3. The van der Waals surface area contributed by atoms with Gasteiger partial charge in [0.2, 0.25) is 59.1 Å². The van der Waals surface area contributed by atoms with Crippen LogP contribution in [0.1, 0.15) is 124 Å². The van der Waals surface area contributed by atoms with Gasteiger partial charge >= 0.3 is 0 Å². The Kier molecular flexibility index (Phi) is 24.0. The smallest absolute Gasteiger partial charge is 0.246 e. The van der Waals surface area contributed by atoms with Gasteiger partial charge < -0.3 is 56.6 Å². The maximum absolute atomic E-state index is 15.2. The van der Waals surface area contributed by atoms with Gasteiger partial charge in [0.25, 0.3) is 0 Å². The number of hydrogen-bond donors (Lipinski definition) is 7. The van der Waals surface area contributed by atoms with Crippen molar-refractivity contribution in [3.8, 4) is 0 Å². The van der Waals surface area contributed by atoms with Gasteiger partial charge in [-0.1, -0.05) is 109 Å². The first-order valence-electron chi connectivity index (χ1n) is 28.6. The van der Waals surface area contributed by atoms with Crippen LogP contribution in [0, 0.1) is 17.8 Å². The van der Waals surface area contributed by atoms with E-state index in [9.17, 15) is 43.5 Å². The number of amides is 10. The summed E-state index contributed by atoms with van der Waals surface area (Å²) in [5.41, 5.74) is 1.39. The van der Waals surface area contributed by atoms with Gasteiger partial charge in [-0.15, -0.1) is 0 Å². The normalized spacial score (nSPS) is 27.0. The highest BCUT2D eigenvalue weighted by molar-refractivity contribution is 6.00. The van der Waals surface area contributed by atoms with E-state index in [1.165, 1.54) is 47.5 Å². The number of benzene rings is 2. The Balaban J connectivity index is 1.62. The molecule has 3 saturated heterocycles. The SMILES string of the molecule is CC[C@H](C)[C@@H]1NC(=O)[C@H](Cc2ccccc2)N(C)C(=O)[C@H](Cc2ccccc2)NC(=O)[C@H](CC(C)C)N(C)C(=O)[C@H](CC(C)C)NC(=O)[C@H](C)NC(=O)C[C@@H](C(=O)N2CCCCC2)NC(=O)[C@H]([C@@H](C)O)NC(=O)[C@@H]2CCCN2C1=O. The van der Waals surface area contributed by atoms with E-state index in [2.05, 4.69) is 31.9 Å². The molecular formula is C59H88N10O11. The summed E-state index contributed by atoms with van der Waals surface area (Å²) in [6.07, 6.45) is 1.36. The van der Waals surface area contributed by atoms with Crippen LogP contribution in [-0.2, 0) is 60.8 Å². The Morgan fingerprint density at radius 1 is 0.575 bits per heavy atom. The Morgan fingerprint density at radius 2 is 1.11 bits per heavy atom.